The van der Waals surface area contributed by atoms with E-state index in [4.69, 9.17) is 5.53 Å². The molecular weight excluding hydrogens is 170 g/mol. The second kappa shape index (κ2) is 4.79. The van der Waals surface area contributed by atoms with Gasteiger partial charge in [-0.2, -0.15) is 0 Å². The van der Waals surface area contributed by atoms with Crippen molar-refractivity contribution in [3.63, 3.8) is 0 Å². The molecule has 1 aromatic carbocycles. The summed E-state index contributed by atoms with van der Waals surface area (Å²) in [6, 6.07) is 8.77. The van der Waals surface area contributed by atoms with E-state index in [-0.39, 0.29) is 6.47 Å². The first-order valence-corrected chi connectivity index (χ1v) is 3.56. The van der Waals surface area contributed by atoms with Crippen LogP contribution in [0.15, 0.2) is 35.4 Å². The second-order valence-electron chi connectivity index (χ2n) is 2.20. The Bertz CT molecular complexity index is 319. The largest absolute Gasteiger partial charge is 0.453 e. The number of ether oxygens (including phenoxy) is 1. The van der Waals surface area contributed by atoms with Crippen LogP contribution in [0, 0.1) is 0 Å². The number of azide groups is 1. The van der Waals surface area contributed by atoms with Crippen molar-refractivity contribution >= 4 is 6.47 Å². The summed E-state index contributed by atoms with van der Waals surface area (Å²) in [4.78, 5) is 12.6. The van der Waals surface area contributed by atoms with Gasteiger partial charge in [0.05, 0.1) is 0 Å². The average molecular weight is 177 g/mol. The van der Waals surface area contributed by atoms with Crippen LogP contribution in [0.1, 0.15) is 11.8 Å². The van der Waals surface area contributed by atoms with Gasteiger partial charge in [0.15, 0.2) is 0 Å². The van der Waals surface area contributed by atoms with Crippen LogP contribution < -0.4 is 0 Å². The van der Waals surface area contributed by atoms with Crippen LogP contribution in [0.2, 0.25) is 0 Å². The minimum absolute atomic E-state index is 0.256. The normalized spacial score (nSPS) is 11.1. The van der Waals surface area contributed by atoms with Crippen molar-refractivity contribution in [1.82, 2.24) is 0 Å². The second-order valence-corrected chi connectivity index (χ2v) is 2.20. The van der Waals surface area contributed by atoms with Gasteiger partial charge in [0.1, 0.15) is 0 Å². The third-order valence-corrected chi connectivity index (χ3v) is 1.43. The molecule has 0 aliphatic rings. The lowest BCUT2D eigenvalue weighted by atomic mass is 10.2. The summed E-state index contributed by atoms with van der Waals surface area (Å²) in [5.74, 6) is 0. The lowest BCUT2D eigenvalue weighted by Gasteiger charge is -2.07. The van der Waals surface area contributed by atoms with Crippen LogP contribution in [-0.4, -0.2) is 6.47 Å². The zero-order valence-electron chi connectivity index (χ0n) is 6.70. The lowest BCUT2D eigenvalue weighted by Crippen LogP contribution is -1.98. The van der Waals surface area contributed by atoms with Crippen molar-refractivity contribution in [1.29, 1.82) is 0 Å². The Hall–Kier alpha value is -2.00. The van der Waals surface area contributed by atoms with Gasteiger partial charge in [-0.1, -0.05) is 30.3 Å². The number of nitrogens with zero attached hydrogens (tertiary/aromatic N) is 3. The highest BCUT2D eigenvalue weighted by Gasteiger charge is 2.07. The van der Waals surface area contributed by atoms with E-state index >= 15 is 0 Å². The van der Waals surface area contributed by atoms with Crippen LogP contribution in [0.3, 0.4) is 0 Å². The smallest absolute Gasteiger partial charge is 0.293 e. The molecule has 0 spiro atoms. The SMILES string of the molecule is [N-]=[N+]=NC(OC=O)c1ccccc1. The lowest BCUT2D eigenvalue weighted by molar-refractivity contribution is -0.133. The molecule has 5 nitrogen and oxygen atoms in total. The minimum Gasteiger partial charge on any atom is -0.453 e. The van der Waals surface area contributed by atoms with E-state index < -0.39 is 6.23 Å². The van der Waals surface area contributed by atoms with Crippen LogP contribution in [0.25, 0.3) is 10.4 Å². The summed E-state index contributed by atoms with van der Waals surface area (Å²) < 4.78 is 4.57. The molecule has 1 unspecified atom stereocenters. The Labute approximate surface area is 74.6 Å². The topological polar surface area (TPSA) is 75.1 Å². The Morgan fingerprint density at radius 2 is 2.15 bits per heavy atom. The number of hydrogen-bond donors (Lipinski definition) is 0. The van der Waals surface area contributed by atoms with Gasteiger partial charge in [0.25, 0.3) is 6.47 Å². The summed E-state index contributed by atoms with van der Waals surface area (Å²) in [6.45, 7) is 0.256. The highest BCUT2D eigenvalue weighted by molar-refractivity contribution is 5.38. The van der Waals surface area contributed by atoms with Crippen LogP contribution in [-0.2, 0) is 9.53 Å². The molecule has 0 aliphatic heterocycles. The van der Waals surface area contributed by atoms with Gasteiger partial charge in [-0.05, 0) is 16.2 Å². The van der Waals surface area contributed by atoms with Gasteiger partial charge >= 0.3 is 0 Å². The maximum Gasteiger partial charge on any atom is 0.293 e. The van der Waals surface area contributed by atoms with Crippen LogP contribution in [0.4, 0.5) is 0 Å². The van der Waals surface area contributed by atoms with Gasteiger partial charge in [-0.3, -0.25) is 4.79 Å². The first-order valence-electron chi connectivity index (χ1n) is 3.56. The zero-order chi connectivity index (χ0) is 9.52. The molecule has 0 saturated heterocycles. The summed E-state index contributed by atoms with van der Waals surface area (Å²) in [6.07, 6.45) is -0.872. The van der Waals surface area contributed by atoms with E-state index in [9.17, 15) is 4.79 Å². The Balaban J connectivity index is 2.87. The van der Waals surface area contributed by atoms with E-state index in [0.29, 0.717) is 5.56 Å². The van der Waals surface area contributed by atoms with E-state index in [1.807, 2.05) is 6.07 Å². The number of hydrogen-bond acceptors (Lipinski definition) is 3. The number of benzene rings is 1. The first kappa shape index (κ1) is 9.09. The Morgan fingerprint density at radius 3 is 2.69 bits per heavy atom. The molecule has 0 aliphatic carbocycles. The molecule has 0 N–H and O–H groups in total. The van der Waals surface area contributed by atoms with Gasteiger partial charge in [0, 0.05) is 4.91 Å². The van der Waals surface area contributed by atoms with Crippen LogP contribution in [0.5, 0.6) is 0 Å². The molecule has 1 aromatic rings. The standard InChI is InChI=1S/C8H7N3O2/c9-11-10-8(13-6-12)7-4-2-1-3-5-7/h1-6,8H. The summed E-state index contributed by atoms with van der Waals surface area (Å²) >= 11 is 0. The van der Waals surface area contributed by atoms with E-state index in [0.717, 1.165) is 0 Å². The van der Waals surface area contributed by atoms with E-state index in [1.54, 1.807) is 24.3 Å². The molecular formula is C8H7N3O2. The van der Waals surface area contributed by atoms with Gasteiger partial charge in [-0.15, -0.1) is 0 Å². The van der Waals surface area contributed by atoms with E-state index in [1.165, 1.54) is 0 Å². The van der Waals surface area contributed by atoms with Gasteiger partial charge < -0.3 is 4.74 Å². The number of rotatable bonds is 4. The fraction of sp³-hybridized carbons (Fsp3) is 0.125. The fourth-order valence-corrected chi connectivity index (χ4v) is 0.890. The molecule has 0 amide bonds. The Morgan fingerprint density at radius 1 is 1.46 bits per heavy atom. The molecule has 0 fully saturated rings. The van der Waals surface area contributed by atoms with Crippen molar-refractivity contribution in [3.8, 4) is 0 Å². The zero-order valence-corrected chi connectivity index (χ0v) is 6.70. The van der Waals surface area contributed by atoms with Crippen molar-refractivity contribution in [2.45, 2.75) is 6.23 Å². The molecule has 13 heavy (non-hydrogen) atoms. The summed E-state index contributed by atoms with van der Waals surface area (Å²) in [5.41, 5.74) is 8.83. The highest BCUT2D eigenvalue weighted by atomic mass is 16.5. The minimum atomic E-state index is -0.872. The van der Waals surface area contributed by atoms with Crippen molar-refractivity contribution in [2.75, 3.05) is 0 Å². The molecule has 5 heteroatoms. The first-order chi connectivity index (χ1) is 6.38. The average Bonchev–Trinajstić information content (AvgIpc) is 2.19. The predicted molar refractivity (Wildman–Crippen MR) is 45.5 cm³/mol. The van der Waals surface area contributed by atoms with E-state index in [2.05, 4.69) is 14.8 Å². The predicted octanol–water partition coefficient (Wildman–Crippen LogP) is 2.17. The van der Waals surface area contributed by atoms with Crippen molar-refractivity contribution in [2.24, 2.45) is 5.11 Å². The Kier molecular flexibility index (Phi) is 3.35. The van der Waals surface area contributed by atoms with Crippen molar-refractivity contribution in [3.05, 3.63) is 46.3 Å². The number of carbonyl (C=O) groups excluding carboxylic acids is 1. The molecule has 0 radical (unpaired) electrons. The highest BCUT2D eigenvalue weighted by Crippen LogP contribution is 2.17. The molecule has 0 heterocycles. The fourth-order valence-electron chi connectivity index (χ4n) is 0.890. The third-order valence-electron chi connectivity index (χ3n) is 1.43. The molecule has 0 aromatic heterocycles. The summed E-state index contributed by atoms with van der Waals surface area (Å²) in [7, 11) is 0. The quantitative estimate of drug-likeness (QED) is 0.306. The molecule has 66 valence electrons. The van der Waals surface area contributed by atoms with Crippen LogP contribution >= 0.6 is 0 Å². The number of carbonyl (C=O) groups is 1. The maximum atomic E-state index is 10.1. The van der Waals surface area contributed by atoms with Crippen molar-refractivity contribution < 1.29 is 9.53 Å². The molecule has 1 atom stereocenters. The van der Waals surface area contributed by atoms with Gasteiger partial charge in [0.2, 0.25) is 6.23 Å². The maximum absolute atomic E-state index is 10.1. The summed E-state index contributed by atoms with van der Waals surface area (Å²) in [5, 5.41) is 3.31. The van der Waals surface area contributed by atoms with Gasteiger partial charge in [-0.25, -0.2) is 0 Å². The molecule has 0 bridgehead atoms. The third kappa shape index (κ3) is 2.50. The molecule has 0 saturated carbocycles. The molecule has 1 rings (SSSR count). The monoisotopic (exact) mass is 177 g/mol.